The van der Waals surface area contributed by atoms with Gasteiger partial charge in [-0.2, -0.15) is 0 Å². The predicted molar refractivity (Wildman–Crippen MR) is 186 cm³/mol. The fraction of sp³-hybridized carbons (Fsp3) is 0.526. The number of hydrogen-bond acceptors (Lipinski definition) is 5. The van der Waals surface area contributed by atoms with Crippen molar-refractivity contribution in [1.29, 1.82) is 0 Å². The van der Waals surface area contributed by atoms with Gasteiger partial charge in [-0.15, -0.1) is 0 Å². The molecule has 7 nitrogen and oxygen atoms in total. The zero-order valence-corrected chi connectivity index (χ0v) is 28.4. The summed E-state index contributed by atoms with van der Waals surface area (Å²) in [6.45, 7) is 5.86. The molecule has 0 saturated heterocycles. The standard InChI is InChI=1S/C38H52N2O5S/c1-26(2)20-35(41)36(42)34(22-29-14-8-5-9-15-29)40-37(43)27(3)24-39-38(44)32(21-28-12-6-4-7-13-28)25-46(45)33-19-18-30-16-10-11-17-31(30)23-33/h4,6-7,10-13,16-19,23,26-27,29,32,34-36,41-42H,5,8-9,14-15,20-22,24-25H2,1-3H3,(H,39,44)(H,40,43)/t27-,32-,34+,35+,36-,46?/m1/s1. The lowest BCUT2D eigenvalue weighted by atomic mass is 9.82. The number of benzene rings is 3. The predicted octanol–water partition coefficient (Wildman–Crippen LogP) is 5.78. The second-order valence-corrected chi connectivity index (χ2v) is 15.1. The van der Waals surface area contributed by atoms with Gasteiger partial charge in [-0.05, 0) is 59.6 Å². The number of carbonyl (C=O) groups is 2. The molecular formula is C38H52N2O5S. The average molecular weight is 649 g/mol. The Morgan fingerprint density at radius 1 is 0.870 bits per heavy atom. The van der Waals surface area contributed by atoms with Crippen molar-refractivity contribution in [2.75, 3.05) is 12.3 Å². The zero-order valence-electron chi connectivity index (χ0n) is 27.6. The van der Waals surface area contributed by atoms with Gasteiger partial charge in [0.05, 0.1) is 34.8 Å². The van der Waals surface area contributed by atoms with Crippen molar-refractivity contribution >= 4 is 33.4 Å². The Bertz CT molecular complexity index is 1420. The van der Waals surface area contributed by atoms with Crippen LogP contribution in [0.5, 0.6) is 0 Å². The molecule has 1 fully saturated rings. The first-order valence-corrected chi connectivity index (χ1v) is 18.3. The Morgan fingerprint density at radius 3 is 2.24 bits per heavy atom. The van der Waals surface area contributed by atoms with Crippen LogP contribution in [0.4, 0.5) is 0 Å². The highest BCUT2D eigenvalue weighted by molar-refractivity contribution is 7.85. The Labute approximate surface area is 277 Å². The fourth-order valence-electron chi connectivity index (χ4n) is 6.49. The normalized spacial score (nSPS) is 18.0. The van der Waals surface area contributed by atoms with Crippen molar-refractivity contribution < 1.29 is 24.0 Å². The maximum atomic E-state index is 13.6. The molecule has 46 heavy (non-hydrogen) atoms. The van der Waals surface area contributed by atoms with Crippen LogP contribution in [0.1, 0.15) is 71.3 Å². The van der Waals surface area contributed by atoms with E-state index in [0.29, 0.717) is 30.1 Å². The molecule has 0 spiro atoms. The highest BCUT2D eigenvalue weighted by Gasteiger charge is 2.32. The van der Waals surface area contributed by atoms with Gasteiger partial charge in [0.15, 0.2) is 0 Å². The molecule has 2 amide bonds. The van der Waals surface area contributed by atoms with Gasteiger partial charge in [0, 0.05) is 17.2 Å². The van der Waals surface area contributed by atoms with Gasteiger partial charge in [0.1, 0.15) is 6.10 Å². The molecule has 1 aliphatic carbocycles. The summed E-state index contributed by atoms with van der Waals surface area (Å²) in [5, 5.41) is 29.9. The molecule has 3 aromatic carbocycles. The van der Waals surface area contributed by atoms with Gasteiger partial charge in [-0.3, -0.25) is 13.8 Å². The Balaban J connectivity index is 1.40. The molecule has 8 heteroatoms. The maximum Gasteiger partial charge on any atom is 0.224 e. The van der Waals surface area contributed by atoms with Gasteiger partial charge < -0.3 is 20.8 Å². The highest BCUT2D eigenvalue weighted by atomic mass is 32.2. The molecule has 0 aliphatic heterocycles. The minimum atomic E-state index is -1.40. The van der Waals surface area contributed by atoms with E-state index >= 15 is 0 Å². The number of aliphatic hydroxyl groups excluding tert-OH is 2. The topological polar surface area (TPSA) is 116 Å². The van der Waals surface area contributed by atoms with Crippen LogP contribution in [0.2, 0.25) is 0 Å². The number of aliphatic hydroxyl groups is 2. The Morgan fingerprint density at radius 2 is 1.54 bits per heavy atom. The summed E-state index contributed by atoms with van der Waals surface area (Å²) in [4.78, 5) is 27.7. The minimum absolute atomic E-state index is 0.110. The summed E-state index contributed by atoms with van der Waals surface area (Å²) in [5.74, 6) is -0.864. The summed E-state index contributed by atoms with van der Waals surface area (Å²) in [5.41, 5.74) is 0.975. The first kappa shape index (κ1) is 35.8. The third-order valence-electron chi connectivity index (χ3n) is 9.22. The van der Waals surface area contributed by atoms with Gasteiger partial charge in [-0.25, -0.2) is 0 Å². The molecule has 1 unspecified atom stereocenters. The smallest absolute Gasteiger partial charge is 0.224 e. The van der Waals surface area contributed by atoms with Crippen LogP contribution in [0.15, 0.2) is 77.7 Å². The SMILES string of the molecule is CC(C)C[C@H](O)[C@H](O)[C@H](CC1CCCCC1)NC(=O)[C@H](C)CNC(=O)[C@H](Cc1ccccc1)CS(=O)c1ccc2ccccc2c1. The van der Waals surface area contributed by atoms with E-state index in [-0.39, 0.29) is 30.0 Å². The van der Waals surface area contributed by atoms with E-state index < -0.39 is 40.9 Å². The molecule has 4 rings (SSSR count). The number of amides is 2. The second kappa shape index (κ2) is 17.7. The number of carbonyl (C=O) groups excluding carboxylic acids is 2. The van der Waals surface area contributed by atoms with E-state index in [0.717, 1.165) is 42.0 Å². The van der Waals surface area contributed by atoms with E-state index in [1.54, 1.807) is 6.92 Å². The quantitative estimate of drug-likeness (QED) is 0.157. The number of fused-ring (bicyclic) bond motifs is 1. The molecule has 0 aromatic heterocycles. The summed E-state index contributed by atoms with van der Waals surface area (Å²) < 4.78 is 13.5. The lowest BCUT2D eigenvalue weighted by molar-refractivity contribution is -0.128. The molecule has 1 aliphatic rings. The van der Waals surface area contributed by atoms with Gasteiger partial charge in [-0.1, -0.05) is 114 Å². The van der Waals surface area contributed by atoms with Crippen molar-refractivity contribution in [3.8, 4) is 0 Å². The molecule has 1 saturated carbocycles. The lowest BCUT2D eigenvalue weighted by Crippen LogP contribution is -2.52. The molecule has 0 bridgehead atoms. The third kappa shape index (κ3) is 10.7. The van der Waals surface area contributed by atoms with E-state index in [1.807, 2.05) is 86.6 Å². The second-order valence-electron chi connectivity index (χ2n) is 13.6. The fourth-order valence-corrected chi connectivity index (χ4v) is 7.79. The van der Waals surface area contributed by atoms with Crippen LogP contribution in [0.25, 0.3) is 10.8 Å². The first-order valence-electron chi connectivity index (χ1n) is 17.0. The minimum Gasteiger partial charge on any atom is -0.390 e. The van der Waals surface area contributed by atoms with Gasteiger partial charge in [0.25, 0.3) is 0 Å². The van der Waals surface area contributed by atoms with Crippen LogP contribution in [0.3, 0.4) is 0 Å². The van der Waals surface area contributed by atoms with Gasteiger partial charge in [0.2, 0.25) is 11.8 Å². The van der Waals surface area contributed by atoms with Crippen molar-refractivity contribution in [3.63, 3.8) is 0 Å². The van der Waals surface area contributed by atoms with Crippen LogP contribution in [0, 0.1) is 23.7 Å². The molecule has 250 valence electrons. The molecule has 0 heterocycles. The summed E-state index contributed by atoms with van der Waals surface area (Å²) >= 11 is 0. The largest absolute Gasteiger partial charge is 0.390 e. The monoisotopic (exact) mass is 648 g/mol. The van der Waals surface area contributed by atoms with Crippen LogP contribution < -0.4 is 10.6 Å². The van der Waals surface area contributed by atoms with Gasteiger partial charge >= 0.3 is 0 Å². The first-order chi connectivity index (χ1) is 22.1. The maximum absolute atomic E-state index is 13.6. The summed E-state index contributed by atoms with van der Waals surface area (Å²) in [6.07, 6.45) is 5.15. The molecule has 4 N–H and O–H groups in total. The Kier molecular flexibility index (Phi) is 13.8. The number of hydrogen-bond donors (Lipinski definition) is 4. The third-order valence-corrected chi connectivity index (χ3v) is 10.7. The van der Waals surface area contributed by atoms with E-state index in [2.05, 4.69) is 10.6 Å². The Hall–Kier alpha value is -3.07. The van der Waals surface area contributed by atoms with Crippen molar-refractivity contribution in [2.45, 2.75) is 95.3 Å². The highest BCUT2D eigenvalue weighted by Crippen LogP contribution is 2.29. The van der Waals surface area contributed by atoms with Crippen molar-refractivity contribution in [3.05, 3.63) is 78.4 Å². The molecule has 3 aromatic rings. The van der Waals surface area contributed by atoms with Crippen molar-refractivity contribution in [1.82, 2.24) is 10.6 Å². The van der Waals surface area contributed by atoms with Crippen molar-refractivity contribution in [2.24, 2.45) is 23.7 Å². The number of nitrogens with one attached hydrogen (secondary N) is 2. The zero-order chi connectivity index (χ0) is 33.1. The van der Waals surface area contributed by atoms with Crippen LogP contribution in [-0.4, -0.2) is 56.8 Å². The molecule has 6 atom stereocenters. The number of rotatable bonds is 16. The summed E-state index contributed by atoms with van der Waals surface area (Å²) in [6, 6.07) is 22.8. The average Bonchev–Trinajstić information content (AvgIpc) is 3.06. The molecule has 0 radical (unpaired) electrons. The lowest BCUT2D eigenvalue weighted by Gasteiger charge is -2.33. The molecular weight excluding hydrogens is 596 g/mol. The summed E-state index contributed by atoms with van der Waals surface area (Å²) in [7, 11) is -1.40. The van der Waals surface area contributed by atoms with E-state index in [4.69, 9.17) is 0 Å². The van der Waals surface area contributed by atoms with E-state index in [9.17, 15) is 24.0 Å². The van der Waals surface area contributed by atoms with Crippen LogP contribution in [-0.2, 0) is 26.8 Å². The van der Waals surface area contributed by atoms with E-state index in [1.165, 1.54) is 6.42 Å². The van der Waals surface area contributed by atoms with Crippen LogP contribution >= 0.6 is 0 Å².